The summed E-state index contributed by atoms with van der Waals surface area (Å²) in [5.74, 6) is 3.16. The molecule has 0 radical (unpaired) electrons. The lowest BCUT2D eigenvalue weighted by Crippen LogP contribution is -2.37. The fourth-order valence-corrected chi connectivity index (χ4v) is 5.85. The Balaban J connectivity index is 0.000000526. The molecule has 4 heteroatoms. The van der Waals surface area contributed by atoms with E-state index >= 15 is 0 Å². The second kappa shape index (κ2) is 16.1. The number of hydrogen-bond acceptors (Lipinski definition) is 3. The molecule has 1 aliphatic rings. The highest BCUT2D eigenvalue weighted by molar-refractivity contribution is 5.87. The summed E-state index contributed by atoms with van der Waals surface area (Å²) in [4.78, 5) is 10.2. The smallest absolute Gasteiger partial charge is 0.335 e. The molecule has 0 amide bonds. The number of carbonyl (C=O) groups is 1. The molecule has 0 saturated heterocycles. The molecule has 2 aromatic rings. The van der Waals surface area contributed by atoms with Gasteiger partial charge < -0.3 is 14.9 Å². The van der Waals surface area contributed by atoms with E-state index in [2.05, 4.69) is 41.5 Å². The Bertz CT molecular complexity index is 1060. The summed E-state index contributed by atoms with van der Waals surface area (Å²) in [6, 6.07) is 8.30. The minimum absolute atomic E-state index is 0.0712. The van der Waals surface area contributed by atoms with E-state index in [1.807, 2.05) is 13.8 Å². The maximum absolute atomic E-state index is 10.4. The number of fused-ring (bicyclic) bond motifs is 1. The predicted octanol–water partition coefficient (Wildman–Crippen LogP) is 10.2. The van der Waals surface area contributed by atoms with E-state index in [1.54, 1.807) is 30.3 Å². The number of hydrogen-bond donors (Lipinski definition) is 2. The highest BCUT2D eigenvalue weighted by atomic mass is 16.5. The topological polar surface area (TPSA) is 66.8 Å². The van der Waals surface area contributed by atoms with Crippen molar-refractivity contribution in [2.24, 2.45) is 17.8 Å². The summed E-state index contributed by atoms with van der Waals surface area (Å²) in [5, 5.41) is 18.8. The Morgan fingerprint density at radius 3 is 1.93 bits per heavy atom. The third kappa shape index (κ3) is 10.5. The van der Waals surface area contributed by atoms with Gasteiger partial charge in [0.2, 0.25) is 0 Å². The van der Waals surface area contributed by atoms with Gasteiger partial charge in [-0.15, -0.1) is 0 Å². The van der Waals surface area contributed by atoms with Gasteiger partial charge >= 0.3 is 5.97 Å². The van der Waals surface area contributed by atoms with Crippen molar-refractivity contribution in [3.63, 3.8) is 0 Å². The molecule has 2 unspecified atom stereocenters. The monoisotopic (exact) mass is 552 g/mol. The molecule has 1 aliphatic heterocycles. The molecule has 0 bridgehead atoms. The van der Waals surface area contributed by atoms with Gasteiger partial charge in [-0.3, -0.25) is 0 Å². The second-order valence-electron chi connectivity index (χ2n) is 13.1. The van der Waals surface area contributed by atoms with Crippen LogP contribution in [-0.2, 0) is 6.42 Å². The number of phenols is 1. The van der Waals surface area contributed by atoms with Crippen molar-refractivity contribution in [3.05, 3.63) is 58.1 Å². The zero-order valence-electron chi connectivity index (χ0n) is 26.6. The molecule has 0 aliphatic carbocycles. The first kappa shape index (κ1) is 33.7. The van der Waals surface area contributed by atoms with Gasteiger partial charge in [0.1, 0.15) is 17.1 Å². The molecule has 3 rings (SSSR count). The molecule has 4 nitrogen and oxygen atoms in total. The van der Waals surface area contributed by atoms with Crippen LogP contribution in [0.4, 0.5) is 0 Å². The van der Waals surface area contributed by atoms with Crippen LogP contribution in [0.1, 0.15) is 131 Å². The number of aromatic hydroxyl groups is 1. The van der Waals surface area contributed by atoms with Gasteiger partial charge in [-0.25, -0.2) is 4.79 Å². The van der Waals surface area contributed by atoms with Crippen molar-refractivity contribution in [3.8, 4) is 11.5 Å². The van der Waals surface area contributed by atoms with Gasteiger partial charge in [0, 0.05) is 5.56 Å². The molecule has 2 N–H and O–H groups in total. The number of carboxylic acids is 1. The van der Waals surface area contributed by atoms with E-state index in [9.17, 15) is 9.90 Å². The average Bonchev–Trinajstić information content (AvgIpc) is 2.91. The van der Waals surface area contributed by atoms with Crippen LogP contribution in [0.2, 0.25) is 0 Å². The van der Waals surface area contributed by atoms with Gasteiger partial charge in [0.05, 0.1) is 5.56 Å². The minimum atomic E-state index is -0.879. The maximum Gasteiger partial charge on any atom is 0.335 e. The lowest BCUT2D eigenvalue weighted by Gasteiger charge is -2.38. The van der Waals surface area contributed by atoms with Crippen molar-refractivity contribution in [1.29, 1.82) is 0 Å². The molecule has 40 heavy (non-hydrogen) atoms. The van der Waals surface area contributed by atoms with E-state index in [0.29, 0.717) is 11.3 Å². The Morgan fingerprint density at radius 2 is 1.40 bits per heavy atom. The van der Waals surface area contributed by atoms with Crippen LogP contribution >= 0.6 is 0 Å². The van der Waals surface area contributed by atoms with Crippen LogP contribution in [-0.4, -0.2) is 21.8 Å². The zero-order valence-corrected chi connectivity index (χ0v) is 26.6. The number of phenolic OH excluding ortho intramolecular Hbond substituents is 1. The normalized spacial score (nSPS) is 17.8. The van der Waals surface area contributed by atoms with E-state index in [-0.39, 0.29) is 5.60 Å². The number of aromatic carboxylic acids is 1. The largest absolute Gasteiger partial charge is 0.507 e. The van der Waals surface area contributed by atoms with Crippen molar-refractivity contribution in [2.75, 3.05) is 0 Å². The van der Waals surface area contributed by atoms with Crippen molar-refractivity contribution >= 4 is 5.97 Å². The minimum Gasteiger partial charge on any atom is -0.507 e. The van der Waals surface area contributed by atoms with E-state index in [0.717, 1.165) is 59.5 Å². The van der Waals surface area contributed by atoms with Crippen LogP contribution in [0.15, 0.2) is 30.3 Å². The molecule has 2 aromatic carbocycles. The number of ether oxygens (including phenoxy) is 1. The molecular weight excluding hydrogens is 496 g/mol. The summed E-state index contributed by atoms with van der Waals surface area (Å²) in [7, 11) is 0. The Morgan fingerprint density at radius 1 is 0.850 bits per heavy atom. The molecule has 0 saturated carbocycles. The zero-order chi connectivity index (χ0) is 29.9. The van der Waals surface area contributed by atoms with Crippen molar-refractivity contribution < 1.29 is 19.7 Å². The Kier molecular flexibility index (Phi) is 13.6. The lowest BCUT2D eigenvalue weighted by atomic mass is 9.84. The Labute approximate surface area is 244 Å². The summed E-state index contributed by atoms with van der Waals surface area (Å²) in [5.41, 5.74) is 4.56. The fraction of sp³-hybridized carbons (Fsp3) is 0.639. The molecule has 1 heterocycles. The highest BCUT2D eigenvalue weighted by Crippen LogP contribution is 2.44. The molecule has 0 spiro atoms. The molecule has 0 aromatic heterocycles. The van der Waals surface area contributed by atoms with Gasteiger partial charge in [-0.2, -0.15) is 0 Å². The van der Waals surface area contributed by atoms with Crippen LogP contribution in [0, 0.1) is 38.5 Å². The molecule has 0 fully saturated rings. The van der Waals surface area contributed by atoms with Crippen LogP contribution in [0.25, 0.3) is 0 Å². The number of carboxylic acid groups (broad SMARTS) is 1. The van der Waals surface area contributed by atoms with Crippen LogP contribution in [0.5, 0.6) is 11.5 Å². The SMILES string of the molecule is Cc1c(C)c2c(c(C)c1O)CC[C@@](C)(CCCC(C)CCCC(C)CCCC(C)C)O2.O=C(O)c1ccccc1. The van der Waals surface area contributed by atoms with E-state index < -0.39 is 5.97 Å². The van der Waals surface area contributed by atoms with E-state index in [4.69, 9.17) is 9.84 Å². The summed E-state index contributed by atoms with van der Waals surface area (Å²) >= 11 is 0. The average molecular weight is 553 g/mol. The molecular formula is C36H56O4. The molecule has 3 atom stereocenters. The van der Waals surface area contributed by atoms with Crippen LogP contribution < -0.4 is 4.74 Å². The Hall–Kier alpha value is -2.49. The first-order valence-electron chi connectivity index (χ1n) is 15.6. The fourth-order valence-electron chi connectivity index (χ4n) is 5.85. The molecule has 224 valence electrons. The highest BCUT2D eigenvalue weighted by Gasteiger charge is 2.34. The van der Waals surface area contributed by atoms with Gasteiger partial charge in [0.25, 0.3) is 0 Å². The first-order valence-corrected chi connectivity index (χ1v) is 15.6. The summed E-state index contributed by atoms with van der Waals surface area (Å²) < 4.78 is 6.60. The quantitative estimate of drug-likeness (QED) is 0.259. The summed E-state index contributed by atoms with van der Waals surface area (Å²) in [6.07, 6.45) is 14.1. The van der Waals surface area contributed by atoms with Gasteiger partial charge in [-0.1, -0.05) is 90.8 Å². The van der Waals surface area contributed by atoms with Crippen molar-refractivity contribution in [1.82, 2.24) is 0 Å². The first-order chi connectivity index (χ1) is 18.8. The lowest BCUT2D eigenvalue weighted by molar-refractivity contribution is 0.0511. The van der Waals surface area contributed by atoms with Crippen molar-refractivity contribution in [2.45, 2.75) is 132 Å². The standard InChI is InChI=1S/C29H50O2.C7H6O2/c1-20(2)12-9-13-21(3)14-10-15-22(4)16-11-18-29(8)19-17-26-25(7)27(30)23(5)24(6)28(26)31-29;8-7(9)6-4-2-1-3-5-6/h20-22,30H,9-19H2,1-8H3;1-5H,(H,8,9)/t21?,22?,29-;/m1./s1. The third-order valence-corrected chi connectivity index (χ3v) is 8.89. The van der Waals surface area contributed by atoms with Gasteiger partial charge in [0.15, 0.2) is 0 Å². The second-order valence-corrected chi connectivity index (χ2v) is 13.1. The van der Waals surface area contributed by atoms with Crippen LogP contribution in [0.3, 0.4) is 0 Å². The third-order valence-electron chi connectivity index (χ3n) is 8.89. The predicted molar refractivity (Wildman–Crippen MR) is 168 cm³/mol. The maximum atomic E-state index is 10.4. The van der Waals surface area contributed by atoms with E-state index in [1.165, 1.54) is 56.9 Å². The van der Waals surface area contributed by atoms with Gasteiger partial charge in [-0.05, 0) is 100.0 Å². The number of rotatable bonds is 13. The number of benzene rings is 2. The summed E-state index contributed by atoms with van der Waals surface area (Å²) in [6.45, 7) is 17.9.